The van der Waals surface area contributed by atoms with E-state index in [0.29, 0.717) is 5.75 Å². The number of amides is 1. The predicted octanol–water partition coefficient (Wildman–Crippen LogP) is 2.17. The van der Waals surface area contributed by atoms with Crippen molar-refractivity contribution in [2.24, 2.45) is 0 Å². The summed E-state index contributed by atoms with van der Waals surface area (Å²) >= 11 is 5.27. The lowest BCUT2D eigenvalue weighted by Crippen LogP contribution is -2.59. The highest BCUT2D eigenvalue weighted by Gasteiger charge is 2.45. The molecule has 186 valence electrons. The number of hydrogen-bond acceptors (Lipinski definition) is 8. The fourth-order valence-electron chi connectivity index (χ4n) is 2.81. The Kier molecular flexibility index (Phi) is 8.52. The van der Waals surface area contributed by atoms with Crippen molar-refractivity contribution in [2.45, 2.75) is 56.8 Å². The van der Waals surface area contributed by atoms with Gasteiger partial charge in [-0.2, -0.15) is 0 Å². The fourth-order valence-corrected chi connectivity index (χ4v) is 4.73. The molecule has 1 heterocycles. The minimum atomic E-state index is -4.11. The molecule has 1 amide bonds. The van der Waals surface area contributed by atoms with Gasteiger partial charge in [-0.1, -0.05) is 24.1 Å². The van der Waals surface area contributed by atoms with Crippen LogP contribution in [0.1, 0.15) is 34.6 Å². The number of carboxylic acid groups (broad SMARTS) is 1. The van der Waals surface area contributed by atoms with Crippen molar-refractivity contribution in [2.75, 3.05) is 19.7 Å². The smallest absolute Gasteiger partial charge is 0.408 e. The molecule has 2 N–H and O–H groups in total. The first-order valence-electron chi connectivity index (χ1n) is 10.3. The van der Waals surface area contributed by atoms with Crippen molar-refractivity contribution in [1.82, 2.24) is 9.62 Å². The van der Waals surface area contributed by atoms with Crippen molar-refractivity contribution >= 4 is 39.3 Å². The third kappa shape index (κ3) is 7.31. The van der Waals surface area contributed by atoms with Crippen LogP contribution >= 0.6 is 12.2 Å². The topological polar surface area (TPSA) is 131 Å². The van der Waals surface area contributed by atoms with Gasteiger partial charge in [0, 0.05) is 0 Å². The number of carboxylic acids is 1. The summed E-state index contributed by atoms with van der Waals surface area (Å²) in [6.45, 7) is 7.99. The highest BCUT2D eigenvalue weighted by atomic mass is 32.2. The molecule has 0 spiro atoms. The van der Waals surface area contributed by atoms with E-state index >= 15 is 0 Å². The zero-order valence-electron chi connectivity index (χ0n) is 19.6. The summed E-state index contributed by atoms with van der Waals surface area (Å²) in [5.41, 5.74) is -1.84. The number of rotatable bonds is 6. The summed E-state index contributed by atoms with van der Waals surface area (Å²) in [4.78, 5) is 22.8. The second-order valence-electron chi connectivity index (χ2n) is 8.77. The minimum Gasteiger partial charge on any atom is -0.481 e. The minimum absolute atomic E-state index is 0.0180. The van der Waals surface area contributed by atoms with Gasteiger partial charge in [-0.15, -0.1) is 0 Å². The number of morpholine rings is 1. The van der Waals surface area contributed by atoms with Crippen LogP contribution in [0.4, 0.5) is 4.79 Å². The van der Waals surface area contributed by atoms with E-state index in [2.05, 4.69) is 17.2 Å². The lowest BCUT2D eigenvalue weighted by Gasteiger charge is -2.41. The first-order chi connectivity index (χ1) is 15.6. The van der Waals surface area contributed by atoms with Gasteiger partial charge in [-0.05, 0) is 58.9 Å². The van der Waals surface area contributed by atoms with Gasteiger partial charge in [0.25, 0.3) is 10.0 Å². The Hall–Kier alpha value is -2.88. The van der Waals surface area contributed by atoms with Crippen LogP contribution in [0, 0.1) is 11.8 Å². The number of hydrogen-bond donors (Lipinski definition) is 2. The maximum Gasteiger partial charge on any atom is 0.408 e. The average Bonchev–Trinajstić information content (AvgIpc) is 2.71. The van der Waals surface area contributed by atoms with E-state index in [1.54, 1.807) is 20.8 Å². The number of nitrogens with zero attached hydrogens (tertiary/aromatic N) is 1. The predicted molar refractivity (Wildman–Crippen MR) is 127 cm³/mol. The molecule has 0 saturated carbocycles. The SMILES string of the molecule is CC(C)(C)OC(=O)NCC#CCOc1ccc(S(=O)(=O)N2CC(C(=O)O)OC(C)(C)C2=S)cc1. The zero-order chi connectivity index (χ0) is 25.7. The van der Waals surface area contributed by atoms with Crippen LogP contribution in [0.25, 0.3) is 0 Å². The summed E-state index contributed by atoms with van der Waals surface area (Å²) in [5, 5.41) is 11.8. The molecule has 0 bridgehead atoms. The standard InChI is InChI=1S/C22H28N2O8S2/c1-21(2,3)32-20(27)23-12-6-7-13-30-15-8-10-16(11-9-15)34(28,29)24-14-17(18(25)26)31-22(4,5)19(24)33/h8-11,17H,12-14H2,1-5H3,(H,23,27)(H,25,26). The quantitative estimate of drug-likeness (QED) is 0.435. The van der Waals surface area contributed by atoms with Crippen molar-refractivity contribution in [3.8, 4) is 17.6 Å². The maximum atomic E-state index is 13.1. The molecule has 1 saturated heterocycles. The Morgan fingerprint density at radius 2 is 1.88 bits per heavy atom. The van der Waals surface area contributed by atoms with Crippen molar-refractivity contribution in [3.05, 3.63) is 24.3 Å². The van der Waals surface area contributed by atoms with Crippen LogP contribution in [-0.2, 0) is 24.3 Å². The Morgan fingerprint density at radius 3 is 2.44 bits per heavy atom. The van der Waals surface area contributed by atoms with Crippen molar-refractivity contribution < 1.29 is 37.3 Å². The first kappa shape index (κ1) is 27.4. The molecular formula is C22H28N2O8S2. The van der Waals surface area contributed by atoms with Gasteiger partial charge >= 0.3 is 12.1 Å². The monoisotopic (exact) mass is 512 g/mol. The van der Waals surface area contributed by atoms with E-state index in [4.69, 9.17) is 26.4 Å². The van der Waals surface area contributed by atoms with Crippen LogP contribution < -0.4 is 10.1 Å². The molecule has 10 nitrogen and oxygen atoms in total. The van der Waals surface area contributed by atoms with Crippen LogP contribution in [0.15, 0.2) is 29.2 Å². The number of benzene rings is 1. The molecule has 1 aliphatic heterocycles. The second kappa shape index (κ2) is 10.6. The maximum absolute atomic E-state index is 13.1. The summed E-state index contributed by atoms with van der Waals surface area (Å²) in [6, 6.07) is 5.58. The summed E-state index contributed by atoms with van der Waals surface area (Å²) < 4.78 is 43.1. The Bertz CT molecular complexity index is 1100. The summed E-state index contributed by atoms with van der Waals surface area (Å²) in [7, 11) is -4.11. The largest absolute Gasteiger partial charge is 0.481 e. The third-order valence-electron chi connectivity index (χ3n) is 4.35. The fraction of sp³-hybridized carbons (Fsp3) is 0.500. The van der Waals surface area contributed by atoms with Gasteiger partial charge in [-0.3, -0.25) is 4.31 Å². The molecular weight excluding hydrogens is 484 g/mol. The second-order valence-corrected chi connectivity index (χ2v) is 11.0. The number of carbonyl (C=O) groups is 2. The Balaban J connectivity index is 1.98. The van der Waals surface area contributed by atoms with E-state index in [9.17, 15) is 23.1 Å². The Labute approximate surface area is 204 Å². The van der Waals surface area contributed by atoms with Crippen LogP contribution in [-0.4, -0.2) is 71.9 Å². The molecule has 34 heavy (non-hydrogen) atoms. The van der Waals surface area contributed by atoms with Gasteiger partial charge in [0.05, 0.1) is 18.0 Å². The van der Waals surface area contributed by atoms with E-state index < -0.39 is 45.9 Å². The highest BCUT2D eigenvalue weighted by molar-refractivity contribution is 7.91. The van der Waals surface area contributed by atoms with Crippen LogP contribution in [0.5, 0.6) is 5.75 Å². The Morgan fingerprint density at radius 1 is 1.26 bits per heavy atom. The molecule has 0 aliphatic carbocycles. The van der Waals surface area contributed by atoms with Gasteiger partial charge in [-0.25, -0.2) is 18.0 Å². The number of sulfonamides is 1. The zero-order valence-corrected chi connectivity index (χ0v) is 21.2. The molecule has 1 aliphatic rings. The van der Waals surface area contributed by atoms with E-state index in [1.165, 1.54) is 38.1 Å². The first-order valence-corrected chi connectivity index (χ1v) is 12.1. The molecule has 2 rings (SSSR count). The molecule has 0 aromatic heterocycles. The molecule has 0 radical (unpaired) electrons. The number of carbonyl (C=O) groups excluding carboxylic acids is 1. The number of aliphatic carboxylic acids is 1. The number of thiocarbonyl (C=S) groups is 1. The van der Waals surface area contributed by atoms with E-state index in [-0.39, 0.29) is 23.0 Å². The summed E-state index contributed by atoms with van der Waals surface area (Å²) in [5.74, 6) is 4.54. The van der Waals surface area contributed by atoms with Crippen LogP contribution in [0.3, 0.4) is 0 Å². The number of nitrogens with one attached hydrogen (secondary N) is 1. The normalized spacial score (nSPS) is 17.9. The van der Waals surface area contributed by atoms with Gasteiger partial charge < -0.3 is 24.6 Å². The van der Waals surface area contributed by atoms with Gasteiger partial charge in [0.15, 0.2) is 6.10 Å². The molecule has 1 atom stereocenters. The number of ether oxygens (including phenoxy) is 3. The molecule has 1 unspecified atom stereocenters. The molecule has 12 heteroatoms. The molecule has 1 aromatic carbocycles. The summed E-state index contributed by atoms with van der Waals surface area (Å²) in [6.07, 6.45) is -1.92. The van der Waals surface area contributed by atoms with E-state index in [1.807, 2.05) is 0 Å². The molecule has 1 fully saturated rings. The van der Waals surface area contributed by atoms with E-state index in [0.717, 1.165) is 4.31 Å². The van der Waals surface area contributed by atoms with Crippen molar-refractivity contribution in [1.29, 1.82) is 0 Å². The molecule has 1 aromatic rings. The average molecular weight is 513 g/mol. The van der Waals surface area contributed by atoms with Gasteiger partial charge in [0.2, 0.25) is 0 Å². The lowest BCUT2D eigenvalue weighted by atomic mass is 10.1. The van der Waals surface area contributed by atoms with Gasteiger partial charge in [0.1, 0.15) is 28.5 Å². The van der Waals surface area contributed by atoms with Crippen LogP contribution in [0.2, 0.25) is 0 Å². The highest BCUT2D eigenvalue weighted by Crippen LogP contribution is 2.29. The third-order valence-corrected chi connectivity index (χ3v) is 6.96. The lowest BCUT2D eigenvalue weighted by molar-refractivity contribution is -0.159. The van der Waals surface area contributed by atoms with Crippen molar-refractivity contribution in [3.63, 3.8) is 0 Å². The number of alkyl carbamates (subject to hydrolysis) is 1.